The molecule has 8 nitrogen and oxygen atoms in total. The summed E-state index contributed by atoms with van der Waals surface area (Å²) < 4.78 is 0. The van der Waals surface area contributed by atoms with Gasteiger partial charge >= 0.3 is 5.97 Å². The lowest BCUT2D eigenvalue weighted by Gasteiger charge is -2.13. The van der Waals surface area contributed by atoms with Gasteiger partial charge in [-0.25, -0.2) is 4.79 Å². The number of carboxylic acid groups (broad SMARTS) is 1. The van der Waals surface area contributed by atoms with Crippen LogP contribution in [0.4, 0.5) is 11.4 Å². The lowest BCUT2D eigenvalue weighted by atomic mass is 10.1. The van der Waals surface area contributed by atoms with Gasteiger partial charge < -0.3 is 15.3 Å². The van der Waals surface area contributed by atoms with Gasteiger partial charge in [-0.15, -0.1) is 0 Å². The SMILES string of the molecule is CN(C)C(=O)CCNc1c(Cl)cc([N+](=O)[O-])cc1C(=O)O. The fourth-order valence-electron chi connectivity index (χ4n) is 1.56. The van der Waals surface area contributed by atoms with Gasteiger partial charge in [-0.05, 0) is 0 Å². The Morgan fingerprint density at radius 2 is 2.05 bits per heavy atom. The number of aromatic carboxylic acids is 1. The highest BCUT2D eigenvalue weighted by molar-refractivity contribution is 6.34. The molecule has 114 valence electrons. The fraction of sp³-hybridized carbons (Fsp3) is 0.333. The standard InChI is InChI=1S/C12H14ClN3O5/c1-15(2)10(17)3-4-14-11-8(12(18)19)5-7(16(20)21)6-9(11)13/h5-6,14H,3-4H2,1-2H3,(H,18,19). The van der Waals surface area contributed by atoms with Crippen molar-refractivity contribution in [1.29, 1.82) is 0 Å². The van der Waals surface area contributed by atoms with E-state index in [1.54, 1.807) is 14.1 Å². The summed E-state index contributed by atoms with van der Waals surface area (Å²) >= 11 is 5.87. The van der Waals surface area contributed by atoms with Crippen LogP contribution in [0.15, 0.2) is 12.1 Å². The van der Waals surface area contributed by atoms with Crippen molar-refractivity contribution in [3.63, 3.8) is 0 Å². The maximum absolute atomic E-state index is 11.4. The number of nitro benzene ring substituents is 1. The first kappa shape index (κ1) is 16.7. The molecule has 0 aromatic heterocycles. The molecule has 0 aliphatic heterocycles. The minimum Gasteiger partial charge on any atom is -0.478 e. The average molecular weight is 316 g/mol. The van der Waals surface area contributed by atoms with Crippen LogP contribution < -0.4 is 5.32 Å². The molecule has 1 amide bonds. The molecule has 0 saturated carbocycles. The number of anilines is 1. The molecule has 1 aromatic carbocycles. The summed E-state index contributed by atoms with van der Waals surface area (Å²) in [6, 6.07) is 1.98. The number of amides is 1. The number of hydrogen-bond acceptors (Lipinski definition) is 5. The Hall–Kier alpha value is -2.35. The van der Waals surface area contributed by atoms with Crippen molar-refractivity contribution in [1.82, 2.24) is 4.90 Å². The Kier molecular flexibility index (Phi) is 5.48. The molecule has 0 saturated heterocycles. The van der Waals surface area contributed by atoms with Crippen molar-refractivity contribution in [2.45, 2.75) is 6.42 Å². The van der Waals surface area contributed by atoms with E-state index in [0.717, 1.165) is 12.1 Å². The third-order valence-electron chi connectivity index (χ3n) is 2.66. The molecule has 0 spiro atoms. The zero-order valence-corrected chi connectivity index (χ0v) is 12.2. The third-order valence-corrected chi connectivity index (χ3v) is 2.95. The van der Waals surface area contributed by atoms with Crippen molar-refractivity contribution in [3.05, 3.63) is 32.8 Å². The number of carbonyl (C=O) groups is 2. The largest absolute Gasteiger partial charge is 0.478 e. The second kappa shape index (κ2) is 6.89. The van der Waals surface area contributed by atoms with E-state index in [4.69, 9.17) is 16.7 Å². The molecule has 1 aromatic rings. The quantitative estimate of drug-likeness (QED) is 0.611. The molecular formula is C12H14ClN3O5. The monoisotopic (exact) mass is 315 g/mol. The predicted molar refractivity (Wildman–Crippen MR) is 76.9 cm³/mol. The number of nitrogens with one attached hydrogen (secondary N) is 1. The van der Waals surface area contributed by atoms with Gasteiger partial charge in [0.05, 0.1) is 21.2 Å². The second-order valence-corrected chi connectivity index (χ2v) is 4.78. The van der Waals surface area contributed by atoms with E-state index in [1.807, 2.05) is 0 Å². The van der Waals surface area contributed by atoms with Crippen LogP contribution in [0.5, 0.6) is 0 Å². The molecule has 0 heterocycles. The normalized spacial score (nSPS) is 10.0. The Morgan fingerprint density at radius 1 is 1.43 bits per heavy atom. The Morgan fingerprint density at radius 3 is 2.52 bits per heavy atom. The molecule has 0 fully saturated rings. The first-order chi connectivity index (χ1) is 9.73. The summed E-state index contributed by atoms with van der Waals surface area (Å²) in [6.45, 7) is 0.162. The van der Waals surface area contributed by atoms with Crippen LogP contribution in [0.1, 0.15) is 16.8 Å². The van der Waals surface area contributed by atoms with Crippen molar-refractivity contribution in [2.75, 3.05) is 26.0 Å². The van der Waals surface area contributed by atoms with E-state index >= 15 is 0 Å². The first-order valence-electron chi connectivity index (χ1n) is 5.89. The summed E-state index contributed by atoms with van der Waals surface area (Å²) in [6.07, 6.45) is 0.138. The Balaban J connectivity index is 2.98. The average Bonchev–Trinajstić information content (AvgIpc) is 2.39. The zero-order valence-electron chi connectivity index (χ0n) is 11.4. The van der Waals surface area contributed by atoms with Crippen molar-refractivity contribution >= 4 is 34.9 Å². The van der Waals surface area contributed by atoms with Crippen LogP contribution >= 0.6 is 11.6 Å². The van der Waals surface area contributed by atoms with Crippen molar-refractivity contribution in [3.8, 4) is 0 Å². The highest BCUT2D eigenvalue weighted by Gasteiger charge is 2.20. The van der Waals surface area contributed by atoms with Crippen LogP contribution in [0.25, 0.3) is 0 Å². The lowest BCUT2D eigenvalue weighted by Crippen LogP contribution is -2.24. The van der Waals surface area contributed by atoms with E-state index in [-0.39, 0.29) is 35.1 Å². The summed E-state index contributed by atoms with van der Waals surface area (Å²) in [5.74, 6) is -1.49. The van der Waals surface area contributed by atoms with E-state index in [9.17, 15) is 19.7 Å². The van der Waals surface area contributed by atoms with Gasteiger partial charge in [-0.3, -0.25) is 14.9 Å². The number of non-ortho nitro benzene ring substituents is 1. The number of nitrogens with zero attached hydrogens (tertiary/aromatic N) is 2. The number of benzene rings is 1. The number of rotatable bonds is 6. The summed E-state index contributed by atoms with van der Waals surface area (Å²) in [5.41, 5.74) is -0.667. The van der Waals surface area contributed by atoms with Crippen LogP contribution in [0, 0.1) is 10.1 Å². The molecule has 0 aliphatic carbocycles. The summed E-state index contributed by atoms with van der Waals surface area (Å²) in [4.78, 5) is 34.0. The van der Waals surface area contributed by atoms with E-state index in [0.29, 0.717) is 0 Å². The maximum atomic E-state index is 11.4. The summed E-state index contributed by atoms with van der Waals surface area (Å²) in [5, 5.41) is 22.4. The van der Waals surface area contributed by atoms with Gasteiger partial charge in [0.25, 0.3) is 5.69 Å². The number of halogens is 1. The second-order valence-electron chi connectivity index (χ2n) is 4.38. The molecule has 0 radical (unpaired) electrons. The number of carboxylic acids is 1. The molecule has 21 heavy (non-hydrogen) atoms. The van der Waals surface area contributed by atoms with Gasteiger partial charge in [0.2, 0.25) is 5.91 Å². The zero-order chi connectivity index (χ0) is 16.2. The molecule has 1 rings (SSSR count). The molecule has 0 atom stereocenters. The highest BCUT2D eigenvalue weighted by Crippen LogP contribution is 2.31. The first-order valence-corrected chi connectivity index (χ1v) is 6.27. The van der Waals surface area contributed by atoms with Gasteiger partial charge in [-0.2, -0.15) is 0 Å². The van der Waals surface area contributed by atoms with Gasteiger partial charge in [-0.1, -0.05) is 11.6 Å². The van der Waals surface area contributed by atoms with Gasteiger partial charge in [0, 0.05) is 39.2 Å². The number of hydrogen-bond donors (Lipinski definition) is 2. The smallest absolute Gasteiger partial charge is 0.338 e. The van der Waals surface area contributed by atoms with Crippen LogP contribution in [-0.2, 0) is 4.79 Å². The molecule has 0 unspecified atom stereocenters. The minimum atomic E-state index is -1.35. The van der Waals surface area contributed by atoms with Crippen LogP contribution in [0.2, 0.25) is 5.02 Å². The predicted octanol–water partition coefficient (Wildman–Crippen LogP) is 1.84. The van der Waals surface area contributed by atoms with Crippen LogP contribution in [0.3, 0.4) is 0 Å². The summed E-state index contributed by atoms with van der Waals surface area (Å²) in [7, 11) is 3.20. The van der Waals surface area contributed by atoms with E-state index < -0.39 is 16.6 Å². The topological polar surface area (TPSA) is 113 Å². The lowest BCUT2D eigenvalue weighted by molar-refractivity contribution is -0.384. The fourth-order valence-corrected chi connectivity index (χ4v) is 1.84. The van der Waals surface area contributed by atoms with Gasteiger partial charge in [0.15, 0.2) is 0 Å². The van der Waals surface area contributed by atoms with Crippen molar-refractivity contribution < 1.29 is 19.6 Å². The van der Waals surface area contributed by atoms with Gasteiger partial charge in [0.1, 0.15) is 0 Å². The molecular weight excluding hydrogens is 302 g/mol. The molecule has 2 N–H and O–H groups in total. The minimum absolute atomic E-state index is 0.0568. The van der Waals surface area contributed by atoms with Crippen LogP contribution in [-0.4, -0.2) is 47.4 Å². The molecule has 0 aliphatic rings. The van der Waals surface area contributed by atoms with Crippen molar-refractivity contribution in [2.24, 2.45) is 0 Å². The Labute approximate surface area is 125 Å². The Bertz CT molecular complexity index is 589. The highest BCUT2D eigenvalue weighted by atomic mass is 35.5. The molecule has 9 heteroatoms. The molecule has 0 bridgehead atoms. The maximum Gasteiger partial charge on any atom is 0.338 e. The third kappa shape index (κ3) is 4.32. The van der Waals surface area contributed by atoms with E-state index in [1.165, 1.54) is 4.90 Å². The number of nitro groups is 1. The number of carbonyl (C=O) groups excluding carboxylic acids is 1. The van der Waals surface area contributed by atoms with E-state index in [2.05, 4.69) is 5.32 Å².